The van der Waals surface area contributed by atoms with Crippen molar-refractivity contribution in [2.75, 3.05) is 5.75 Å². The van der Waals surface area contributed by atoms with E-state index in [4.69, 9.17) is 4.74 Å². The van der Waals surface area contributed by atoms with Crippen LogP contribution in [-0.2, 0) is 14.6 Å². The van der Waals surface area contributed by atoms with Gasteiger partial charge in [-0.05, 0) is 32.3 Å². The zero-order valence-corrected chi connectivity index (χ0v) is 16.2. The standard InChI is InChI=1S/C18H27NO5S/c1-12(2)17(19-18(21)24-13(3)4)11-25(22,23)14(5)16-8-6-15(10-20)7-9-16/h6-10,12-14,17H,11H2,1-5H3,(H,19,21)/t14?,17-/m1/s1. The highest BCUT2D eigenvalue weighted by Crippen LogP contribution is 2.24. The lowest BCUT2D eigenvalue weighted by Crippen LogP contribution is -2.44. The summed E-state index contributed by atoms with van der Waals surface area (Å²) < 4.78 is 30.5. The van der Waals surface area contributed by atoms with Crippen molar-refractivity contribution in [3.8, 4) is 0 Å². The number of benzene rings is 1. The van der Waals surface area contributed by atoms with Crippen LogP contribution in [0.1, 0.15) is 55.8 Å². The van der Waals surface area contributed by atoms with Gasteiger partial charge in [-0.25, -0.2) is 13.2 Å². The van der Waals surface area contributed by atoms with Crippen molar-refractivity contribution in [3.05, 3.63) is 35.4 Å². The molecule has 7 heteroatoms. The maximum Gasteiger partial charge on any atom is 0.407 e. The smallest absolute Gasteiger partial charge is 0.407 e. The van der Waals surface area contributed by atoms with Gasteiger partial charge in [0.1, 0.15) is 6.29 Å². The quantitative estimate of drug-likeness (QED) is 0.711. The van der Waals surface area contributed by atoms with Crippen LogP contribution in [0.25, 0.3) is 0 Å². The molecule has 0 aliphatic rings. The molecule has 0 fully saturated rings. The molecule has 2 atom stereocenters. The van der Waals surface area contributed by atoms with E-state index >= 15 is 0 Å². The highest BCUT2D eigenvalue weighted by molar-refractivity contribution is 7.91. The largest absolute Gasteiger partial charge is 0.447 e. The van der Waals surface area contributed by atoms with E-state index < -0.39 is 27.2 Å². The second-order valence-corrected chi connectivity index (χ2v) is 9.07. The van der Waals surface area contributed by atoms with Gasteiger partial charge in [0.05, 0.1) is 17.1 Å². The monoisotopic (exact) mass is 369 g/mol. The second-order valence-electron chi connectivity index (χ2n) is 6.71. The van der Waals surface area contributed by atoms with Gasteiger partial charge in [0.25, 0.3) is 0 Å². The summed E-state index contributed by atoms with van der Waals surface area (Å²) in [6.07, 6.45) is -0.186. The van der Waals surface area contributed by atoms with Gasteiger partial charge in [0.15, 0.2) is 9.84 Å². The van der Waals surface area contributed by atoms with E-state index in [1.165, 1.54) is 0 Å². The first kappa shape index (κ1) is 21.2. The van der Waals surface area contributed by atoms with E-state index in [0.29, 0.717) is 17.4 Å². The predicted octanol–water partition coefficient (Wildman–Crippen LogP) is 3.13. The molecule has 140 valence electrons. The zero-order chi connectivity index (χ0) is 19.2. The maximum atomic E-state index is 12.7. The molecule has 0 spiro atoms. The van der Waals surface area contributed by atoms with Crippen molar-refractivity contribution in [2.24, 2.45) is 5.92 Å². The minimum absolute atomic E-state index is 0.0703. The highest BCUT2D eigenvalue weighted by Gasteiger charge is 2.29. The van der Waals surface area contributed by atoms with Crippen LogP contribution in [0.15, 0.2) is 24.3 Å². The Bertz CT molecular complexity index is 680. The number of sulfone groups is 1. The van der Waals surface area contributed by atoms with Crippen molar-refractivity contribution in [2.45, 2.75) is 52.0 Å². The maximum absolute atomic E-state index is 12.7. The number of amides is 1. The van der Waals surface area contributed by atoms with Crippen LogP contribution in [-0.4, -0.2) is 38.7 Å². The lowest BCUT2D eigenvalue weighted by molar-refractivity contribution is 0.110. The Kier molecular flexibility index (Phi) is 7.60. The van der Waals surface area contributed by atoms with Gasteiger partial charge in [0.2, 0.25) is 0 Å². The molecular formula is C18H27NO5S. The third-order valence-electron chi connectivity index (χ3n) is 3.94. The summed E-state index contributed by atoms with van der Waals surface area (Å²) in [5, 5.41) is 1.90. The first-order valence-corrected chi connectivity index (χ1v) is 10.0. The molecule has 1 rings (SSSR count). The molecular weight excluding hydrogens is 342 g/mol. The van der Waals surface area contributed by atoms with Crippen molar-refractivity contribution in [1.82, 2.24) is 5.32 Å². The summed E-state index contributed by atoms with van der Waals surface area (Å²) in [5.41, 5.74) is 1.10. The average Bonchev–Trinajstić information content (AvgIpc) is 2.52. The first-order chi connectivity index (χ1) is 11.6. The normalized spacial score (nSPS) is 14.2. The van der Waals surface area contributed by atoms with Crippen LogP contribution >= 0.6 is 0 Å². The predicted molar refractivity (Wildman–Crippen MR) is 97.4 cm³/mol. The molecule has 0 radical (unpaired) electrons. The summed E-state index contributed by atoms with van der Waals surface area (Å²) in [5.74, 6) is -0.256. The van der Waals surface area contributed by atoms with Crippen LogP contribution in [0, 0.1) is 5.92 Å². The molecule has 6 nitrogen and oxygen atoms in total. The second kappa shape index (κ2) is 8.99. The van der Waals surface area contributed by atoms with E-state index in [1.54, 1.807) is 45.0 Å². The van der Waals surface area contributed by atoms with Gasteiger partial charge in [-0.15, -0.1) is 0 Å². The summed E-state index contributed by atoms with van der Waals surface area (Å²) in [4.78, 5) is 22.5. The van der Waals surface area contributed by atoms with Gasteiger partial charge in [-0.2, -0.15) is 0 Å². The average molecular weight is 369 g/mol. The molecule has 1 aromatic rings. The molecule has 0 saturated heterocycles. The van der Waals surface area contributed by atoms with E-state index in [-0.39, 0.29) is 17.8 Å². The number of aldehydes is 1. The van der Waals surface area contributed by atoms with Crippen molar-refractivity contribution >= 4 is 22.2 Å². The Balaban J connectivity index is 2.89. The first-order valence-electron chi connectivity index (χ1n) is 8.30. The lowest BCUT2D eigenvalue weighted by atomic mass is 10.1. The van der Waals surface area contributed by atoms with E-state index in [1.807, 2.05) is 13.8 Å². The summed E-state index contributed by atoms with van der Waals surface area (Å²) in [6.45, 7) is 8.76. The Morgan fingerprint density at radius 2 is 1.68 bits per heavy atom. The molecule has 0 aromatic heterocycles. The molecule has 1 N–H and O–H groups in total. The third kappa shape index (κ3) is 6.49. The number of nitrogens with one attached hydrogen (secondary N) is 1. The molecule has 1 amide bonds. The van der Waals surface area contributed by atoms with Crippen LogP contribution in [0.3, 0.4) is 0 Å². The molecule has 0 aliphatic heterocycles. The zero-order valence-electron chi connectivity index (χ0n) is 15.4. The van der Waals surface area contributed by atoms with Gasteiger partial charge in [-0.3, -0.25) is 4.79 Å². The molecule has 0 aliphatic carbocycles. The van der Waals surface area contributed by atoms with Gasteiger partial charge >= 0.3 is 6.09 Å². The summed E-state index contributed by atoms with van der Waals surface area (Å²) >= 11 is 0. The molecule has 0 bridgehead atoms. The van der Waals surface area contributed by atoms with E-state index in [9.17, 15) is 18.0 Å². The number of hydrogen-bond acceptors (Lipinski definition) is 5. The minimum Gasteiger partial charge on any atom is -0.447 e. The number of ether oxygens (including phenoxy) is 1. The molecule has 1 aromatic carbocycles. The minimum atomic E-state index is -3.51. The van der Waals surface area contributed by atoms with E-state index in [2.05, 4.69) is 5.32 Å². The SMILES string of the molecule is CC(C)OC(=O)N[C@H](CS(=O)(=O)C(C)c1ccc(C=O)cc1)C(C)C. The number of alkyl carbamates (subject to hydrolysis) is 1. The molecule has 1 unspecified atom stereocenters. The van der Waals surface area contributed by atoms with Crippen LogP contribution in [0.4, 0.5) is 4.79 Å². The fourth-order valence-corrected chi connectivity index (χ4v) is 4.08. The topological polar surface area (TPSA) is 89.5 Å². The van der Waals surface area contributed by atoms with Crippen LogP contribution < -0.4 is 5.32 Å². The summed E-state index contributed by atoms with van der Waals surface area (Å²) in [6, 6.07) is 5.90. The number of carbonyl (C=O) groups is 2. The van der Waals surface area contributed by atoms with Crippen molar-refractivity contribution < 1.29 is 22.7 Å². The van der Waals surface area contributed by atoms with Gasteiger partial charge in [-0.1, -0.05) is 38.1 Å². The fraction of sp³-hybridized carbons (Fsp3) is 0.556. The Hall–Kier alpha value is -1.89. The Morgan fingerprint density at radius 1 is 1.12 bits per heavy atom. The fourth-order valence-electron chi connectivity index (χ4n) is 2.25. The molecule has 25 heavy (non-hydrogen) atoms. The number of carbonyl (C=O) groups excluding carboxylic acids is 2. The summed E-state index contributed by atoms with van der Waals surface area (Å²) in [7, 11) is -3.51. The van der Waals surface area contributed by atoms with Crippen LogP contribution in [0.5, 0.6) is 0 Å². The van der Waals surface area contributed by atoms with Crippen LogP contribution in [0.2, 0.25) is 0 Å². The Morgan fingerprint density at radius 3 is 2.12 bits per heavy atom. The third-order valence-corrected chi connectivity index (χ3v) is 6.12. The Labute approximate surface area is 149 Å². The van der Waals surface area contributed by atoms with Gasteiger partial charge < -0.3 is 10.1 Å². The van der Waals surface area contributed by atoms with E-state index in [0.717, 1.165) is 0 Å². The van der Waals surface area contributed by atoms with Gasteiger partial charge in [0, 0.05) is 11.6 Å². The lowest BCUT2D eigenvalue weighted by Gasteiger charge is -2.24. The molecule has 0 heterocycles. The highest BCUT2D eigenvalue weighted by atomic mass is 32.2. The molecule has 0 saturated carbocycles. The van der Waals surface area contributed by atoms with Crippen molar-refractivity contribution in [3.63, 3.8) is 0 Å². The number of hydrogen-bond donors (Lipinski definition) is 1. The number of rotatable bonds is 8. The van der Waals surface area contributed by atoms with Crippen molar-refractivity contribution in [1.29, 1.82) is 0 Å².